The average Bonchev–Trinajstić information content (AvgIpc) is 1.85. The summed E-state index contributed by atoms with van der Waals surface area (Å²) >= 11 is -3.50. The van der Waals surface area contributed by atoms with Crippen LogP contribution in [0, 0.1) is 0 Å². The quantitative estimate of drug-likeness (QED) is 0.357. The van der Waals surface area contributed by atoms with Crippen molar-refractivity contribution in [1.29, 1.82) is 0 Å². The first-order valence-corrected chi connectivity index (χ1v) is 6.50. The number of hydrogen-bond donors (Lipinski definition) is 0. The van der Waals surface area contributed by atoms with Gasteiger partial charge >= 0.3 is 160 Å². The van der Waals surface area contributed by atoms with Crippen molar-refractivity contribution in [1.82, 2.24) is 0 Å². The monoisotopic (exact) mass is 390 g/mol. The summed E-state index contributed by atoms with van der Waals surface area (Å²) in [6, 6.07) is 0. The van der Waals surface area contributed by atoms with Gasteiger partial charge in [0.25, 0.3) is 0 Å². The molecule has 80 valence electrons. The van der Waals surface area contributed by atoms with E-state index in [2.05, 4.69) is 0 Å². The molecule has 0 aromatic carbocycles. The van der Waals surface area contributed by atoms with E-state index in [9.17, 15) is 0 Å². The Morgan fingerprint density at radius 3 is 0.647 bits per heavy atom. The Labute approximate surface area is 202 Å². The number of rotatable bonds is 0. The van der Waals surface area contributed by atoms with Gasteiger partial charge in [-0.05, 0) is 0 Å². The molecule has 0 radical (unpaired) electrons. The Morgan fingerprint density at radius 2 is 0.647 bits per heavy atom. The molecule has 0 amide bonds. The molecule has 0 heterocycles. The van der Waals surface area contributed by atoms with Crippen LogP contribution in [-0.2, 0) is 16.5 Å². The molecule has 0 aromatic rings. The first kappa shape index (κ1) is 42.7. The Kier molecular flexibility index (Phi) is 127. The second kappa shape index (κ2) is 50.6. The van der Waals surface area contributed by atoms with Crippen molar-refractivity contribution in [2.45, 2.75) is 0 Å². The van der Waals surface area contributed by atoms with Crippen molar-refractivity contribution in [2.75, 3.05) is 0 Å². The third-order valence-electron chi connectivity index (χ3n) is 0. The van der Waals surface area contributed by atoms with Crippen LogP contribution in [0.4, 0.5) is 0 Å². The second-order valence-corrected chi connectivity index (χ2v) is 2.08. The van der Waals surface area contributed by atoms with E-state index >= 15 is 0 Å². The summed E-state index contributed by atoms with van der Waals surface area (Å²) in [5.41, 5.74) is 0. The van der Waals surface area contributed by atoms with Crippen LogP contribution >= 0.6 is 0 Å². The van der Waals surface area contributed by atoms with Crippen molar-refractivity contribution in [3.63, 3.8) is 0 Å². The van der Waals surface area contributed by atoms with Crippen molar-refractivity contribution < 1.29 is 44.0 Å². The second-order valence-electron chi connectivity index (χ2n) is 0.692. The summed E-state index contributed by atoms with van der Waals surface area (Å²) < 4.78 is 50.9. The van der Waals surface area contributed by atoms with Gasteiger partial charge in [-0.2, -0.15) is 0 Å². The maximum absolute atomic E-state index is 8.52. The molecule has 0 saturated carbocycles. The molecular formula is Al2Ca3O10Si2. The van der Waals surface area contributed by atoms with Gasteiger partial charge in [0.2, 0.25) is 0 Å². The maximum atomic E-state index is 8.52. The van der Waals surface area contributed by atoms with E-state index < -0.39 is 49.3 Å². The van der Waals surface area contributed by atoms with Crippen LogP contribution in [-0.4, -0.2) is 163 Å². The molecule has 0 bridgehead atoms. The van der Waals surface area contributed by atoms with E-state index in [4.69, 9.17) is 44.0 Å². The summed E-state index contributed by atoms with van der Waals surface area (Å²) in [5.74, 6) is 0. The Balaban J connectivity index is -0.0000000149. The van der Waals surface area contributed by atoms with E-state index in [0.717, 1.165) is 0 Å². The van der Waals surface area contributed by atoms with Crippen LogP contribution in [0.15, 0.2) is 0 Å². The van der Waals surface area contributed by atoms with Crippen molar-refractivity contribution >= 4 is 163 Å². The molecule has 0 rings (SSSR count). The summed E-state index contributed by atoms with van der Waals surface area (Å²) in [5, 5.41) is 0. The standard InChI is InChI=1S/2Al.3Ca.2O3Si.4O/c;;;;;2*1-4(2)3;;;;/q;;3*+2;2*-2;;;2*-1. The first-order chi connectivity index (χ1) is 6.29. The molecule has 0 spiro atoms. The molecule has 0 unspecified atom stereocenters. The fraction of sp³-hybridized carbons (Fsp3) is 0. The predicted molar refractivity (Wildman–Crippen MR) is 43.0 cm³/mol. The Hall–Kier alpha value is 3.28. The van der Waals surface area contributed by atoms with Crippen LogP contribution in [0.25, 0.3) is 0 Å². The topological polar surface area (TPSA) is 207 Å². The van der Waals surface area contributed by atoms with Crippen molar-refractivity contribution in [3.8, 4) is 0 Å². The SMILES string of the molecule is O=[Si]([O-])[O-].O=[Si]([O-])[O-].[Ca+2].[Ca+2].[Ca+2].[O]=[Al][O-].[O]=[Al][O-]. The van der Waals surface area contributed by atoms with Gasteiger partial charge in [0.15, 0.2) is 0 Å². The molecule has 0 saturated heterocycles. The molecular weight excluding hydrogens is 390 g/mol. The fourth-order valence-electron chi connectivity index (χ4n) is 0. The number of hydrogen-bond acceptors (Lipinski definition) is 10. The van der Waals surface area contributed by atoms with Gasteiger partial charge < -0.3 is 28.1 Å². The molecule has 0 N–H and O–H groups in total. The van der Waals surface area contributed by atoms with Gasteiger partial charge in [0.1, 0.15) is 0 Å². The zero-order chi connectivity index (χ0) is 12.6. The van der Waals surface area contributed by atoms with Gasteiger partial charge in [-0.25, -0.2) is 0 Å². The normalized spacial score (nSPS) is 3.76. The van der Waals surface area contributed by atoms with Crippen LogP contribution in [0.1, 0.15) is 0 Å². The molecule has 0 fully saturated rings. The van der Waals surface area contributed by atoms with E-state index in [1.165, 1.54) is 0 Å². The van der Waals surface area contributed by atoms with Gasteiger partial charge in [-0.3, -0.25) is 0 Å². The third-order valence-corrected chi connectivity index (χ3v) is 0. The third kappa shape index (κ3) is 536. The molecule has 0 atom stereocenters. The predicted octanol–water partition coefficient (Wildman–Crippen LogP) is -10.3. The molecule has 0 aliphatic carbocycles. The zero-order valence-electron chi connectivity index (χ0n) is 8.36. The van der Waals surface area contributed by atoms with Gasteiger partial charge in [0.05, 0.1) is 0 Å². The van der Waals surface area contributed by atoms with Crippen LogP contribution in [0.5, 0.6) is 0 Å². The van der Waals surface area contributed by atoms with Crippen LogP contribution in [0.3, 0.4) is 0 Å². The van der Waals surface area contributed by atoms with Crippen LogP contribution < -0.4 is 27.5 Å². The minimum atomic E-state index is -3.63. The van der Waals surface area contributed by atoms with E-state index in [1.54, 1.807) is 0 Å². The summed E-state index contributed by atoms with van der Waals surface area (Å²) in [7, 11) is -7.26. The zero-order valence-corrected chi connectivity index (χ0v) is 19.3. The summed E-state index contributed by atoms with van der Waals surface area (Å²) in [6.45, 7) is 0. The average molecular weight is 390 g/mol. The van der Waals surface area contributed by atoms with Crippen molar-refractivity contribution in [2.24, 2.45) is 0 Å². The van der Waals surface area contributed by atoms with E-state index in [-0.39, 0.29) is 113 Å². The molecule has 0 aromatic heterocycles. The summed E-state index contributed by atoms with van der Waals surface area (Å²) in [6.07, 6.45) is 0. The molecule has 0 aliphatic heterocycles. The minimum absolute atomic E-state index is 0. The van der Waals surface area contributed by atoms with Crippen molar-refractivity contribution in [3.05, 3.63) is 0 Å². The van der Waals surface area contributed by atoms with E-state index in [0.29, 0.717) is 0 Å². The molecule has 17 heavy (non-hydrogen) atoms. The van der Waals surface area contributed by atoms with Gasteiger partial charge in [0, 0.05) is 18.3 Å². The fourth-order valence-corrected chi connectivity index (χ4v) is 0. The first-order valence-electron chi connectivity index (χ1n) is 2.17. The van der Waals surface area contributed by atoms with Crippen LogP contribution in [0.2, 0.25) is 0 Å². The Morgan fingerprint density at radius 1 is 0.647 bits per heavy atom. The van der Waals surface area contributed by atoms with Gasteiger partial charge in [-0.1, -0.05) is 0 Å². The molecule has 10 nitrogen and oxygen atoms in total. The van der Waals surface area contributed by atoms with Gasteiger partial charge in [-0.15, -0.1) is 0 Å². The molecule has 0 aliphatic rings. The summed E-state index contributed by atoms with van der Waals surface area (Å²) in [4.78, 5) is 34.1. The molecule has 17 heteroatoms. The van der Waals surface area contributed by atoms with E-state index in [1.807, 2.05) is 0 Å². The Bertz CT molecular complexity index is 140.